The van der Waals surface area contributed by atoms with E-state index in [9.17, 15) is 28.8 Å². The smallest absolute Gasteiger partial charge is 0.358 e. The Balaban J connectivity index is -0.000000106. The molecule has 0 aromatic carbocycles. The molecule has 0 aromatic rings. The van der Waals surface area contributed by atoms with Crippen LogP contribution in [0.1, 0.15) is 225 Å². The molecular weight excluding hydrogens is 1410 g/mol. The Morgan fingerprint density at radius 1 is 0.373 bits per heavy atom. The first-order valence-electron chi connectivity index (χ1n) is 21.9. The van der Waals surface area contributed by atoms with E-state index in [0.29, 0.717) is 75.1 Å². The second-order valence-corrected chi connectivity index (χ2v) is 17.5. The van der Waals surface area contributed by atoms with Crippen molar-refractivity contribution in [2.24, 2.45) is 35.5 Å². The topological polar surface area (TPSA) is 102 Å². The Hall–Kier alpha value is 1.18. The molecule has 59 heavy (non-hydrogen) atoms. The summed E-state index contributed by atoms with van der Waals surface area (Å²) in [5.74, 6) is 4.34. The molecule has 0 saturated carbocycles. The second kappa shape index (κ2) is 53.5. The quantitative estimate of drug-likeness (QED) is 0.0479. The molecule has 0 unspecified atom stereocenters. The van der Waals surface area contributed by atoms with E-state index in [-0.39, 0.29) is 143 Å². The van der Waals surface area contributed by atoms with Crippen molar-refractivity contribution in [2.75, 3.05) is 0 Å². The van der Waals surface area contributed by atoms with Gasteiger partial charge in [0.25, 0.3) is 0 Å². The normalized spacial score (nSPS) is 10.3. The molecule has 0 aromatic heterocycles. The van der Waals surface area contributed by atoms with Crippen molar-refractivity contribution in [2.45, 2.75) is 225 Å². The number of carbonyl (C=O) groups excluding carboxylic acids is 6. The molecule has 344 valence electrons. The Morgan fingerprint density at radius 2 is 0.644 bits per heavy atom. The largest absolute Gasteiger partial charge is 2.00 e. The van der Waals surface area contributed by atoms with Crippen molar-refractivity contribution in [3.05, 3.63) is 26.7 Å². The van der Waals surface area contributed by atoms with Gasteiger partial charge in [-0.25, -0.2) is 0 Å². The van der Waals surface area contributed by atoms with Gasteiger partial charge in [-0.2, -0.15) is 19.3 Å². The van der Waals surface area contributed by atoms with Crippen molar-refractivity contribution in [3.63, 3.8) is 0 Å². The van der Waals surface area contributed by atoms with Gasteiger partial charge in [-0.05, 0) is 56.3 Å². The number of carbonyl (C=O) groups is 6. The van der Waals surface area contributed by atoms with Crippen LogP contribution >= 0.6 is 0 Å². The van der Waals surface area contributed by atoms with Gasteiger partial charge in [0.1, 0.15) is 34.7 Å². The van der Waals surface area contributed by atoms with Gasteiger partial charge in [0, 0.05) is 99.2 Å². The monoisotopic (exact) mass is 1500 g/mol. The molecule has 0 aliphatic carbocycles. The summed E-state index contributed by atoms with van der Waals surface area (Å²) in [4.78, 5) is 68.7. The van der Waals surface area contributed by atoms with E-state index < -0.39 is 0 Å². The Kier molecular flexibility index (Phi) is 70.2. The van der Waals surface area contributed by atoms with Crippen LogP contribution in [-0.2, 0) is 28.8 Å². The summed E-state index contributed by atoms with van der Waals surface area (Å²) in [6.45, 7) is 24.8. The van der Waals surface area contributed by atoms with E-state index in [0.717, 1.165) is 75.5 Å². The molecule has 0 saturated heterocycles. The molecule has 0 radical (unpaired) electrons. The third-order valence-corrected chi connectivity index (χ3v) is 9.30. The summed E-state index contributed by atoms with van der Waals surface area (Å²) in [7, 11) is 0. The van der Waals surface area contributed by atoms with Gasteiger partial charge in [-0.1, -0.05) is 129 Å². The van der Waals surface area contributed by atoms with E-state index >= 15 is 0 Å². The number of Topliss-reactive ketones (excluding diaryl/α,β-unsaturated/α-hetero) is 6. The Morgan fingerprint density at radius 3 is 0.932 bits per heavy atom. The molecule has 0 heterocycles. The Labute approximate surface area is 439 Å². The minimum absolute atomic E-state index is 0. The first-order chi connectivity index (χ1) is 25.3. The first kappa shape index (κ1) is 77.4. The maximum absolute atomic E-state index is 11.6. The van der Waals surface area contributed by atoms with Crippen LogP contribution < -0.4 is 0 Å². The molecule has 0 amide bonds. The predicted molar refractivity (Wildman–Crippen MR) is 242 cm³/mol. The first-order valence-corrected chi connectivity index (χ1v) is 21.9. The summed E-state index contributed by atoms with van der Waals surface area (Å²) in [5, 5.41) is 0. The van der Waals surface area contributed by atoms with Crippen LogP contribution in [0.2, 0.25) is 0 Å². The van der Waals surface area contributed by atoms with Crippen LogP contribution in [0.3, 0.4) is 0 Å². The fourth-order valence-electron chi connectivity index (χ4n) is 5.29. The fourth-order valence-corrected chi connectivity index (χ4v) is 5.29. The second-order valence-electron chi connectivity index (χ2n) is 17.5. The van der Waals surface area contributed by atoms with Gasteiger partial charge in [0.15, 0.2) is 0 Å². The molecule has 6 nitrogen and oxygen atoms in total. The fraction of sp³-hybridized carbons (Fsp3) is 0.800. The number of unbranched alkanes of at least 4 members (excludes halogenated alkanes) is 6. The number of hydrogen-bond donors (Lipinski definition) is 0. The van der Waals surface area contributed by atoms with Crippen LogP contribution in [0, 0.1) is 156 Å². The van der Waals surface area contributed by atoms with E-state index in [4.69, 9.17) is 0 Å². The Bertz CT molecular complexity index is 866. The minimum atomic E-state index is 0. The van der Waals surface area contributed by atoms with Crippen LogP contribution in [0.15, 0.2) is 0 Å². The maximum Gasteiger partial charge on any atom is 2.00 e. The molecule has 0 atom stereocenters. The third kappa shape index (κ3) is 63.5. The molecule has 0 rings (SSSR count). The van der Waals surface area contributed by atoms with Gasteiger partial charge in [-0.3, -0.25) is 14.4 Å². The predicted octanol–water partition coefficient (Wildman–Crippen LogP) is 14.2. The summed E-state index contributed by atoms with van der Waals surface area (Å²) in [5.41, 5.74) is 0. The molecule has 0 N–H and O–H groups in total. The zero-order valence-corrected chi connectivity index (χ0v) is 52.5. The SMILES string of the molecule is C.CC(C)CCCCC(=O)CC[CH-]CC(=O)C(C)C.CC(C)CCCCC(=O)C[CH-]CCC(=O)C(C)C.CC(C)CCCCC(=O)C[CH-]CCC(=O)C(C)C.[CH3-].[U+2].[U].[U]. The van der Waals surface area contributed by atoms with Gasteiger partial charge < -0.3 is 41.1 Å². The molecule has 0 aliphatic heterocycles. The maximum atomic E-state index is 11.6. The van der Waals surface area contributed by atoms with Gasteiger partial charge in [0.2, 0.25) is 0 Å². The zero-order chi connectivity index (χ0) is 41.9. The zero-order valence-electron chi connectivity index (χ0n) is 40.0. The van der Waals surface area contributed by atoms with Crippen LogP contribution in [-0.4, -0.2) is 34.7 Å². The summed E-state index contributed by atoms with van der Waals surface area (Å²) >= 11 is 0. The van der Waals surface area contributed by atoms with E-state index in [1.165, 1.54) is 19.3 Å². The van der Waals surface area contributed by atoms with Gasteiger partial charge in [-0.15, -0.1) is 19.3 Å². The third-order valence-electron chi connectivity index (χ3n) is 9.30. The van der Waals surface area contributed by atoms with Crippen LogP contribution in [0.5, 0.6) is 0 Å². The number of ketones is 6. The average molecular weight is 1510 g/mol. The van der Waals surface area contributed by atoms with Crippen LogP contribution in [0.4, 0.5) is 0 Å². The molecule has 9 heteroatoms. The minimum Gasteiger partial charge on any atom is -0.358 e. The van der Waals surface area contributed by atoms with E-state index in [1.807, 2.05) is 60.8 Å². The van der Waals surface area contributed by atoms with Crippen molar-refractivity contribution in [1.29, 1.82) is 0 Å². The molecule has 0 bridgehead atoms. The van der Waals surface area contributed by atoms with Crippen molar-refractivity contribution >= 4 is 34.7 Å². The van der Waals surface area contributed by atoms with Crippen molar-refractivity contribution < 1.29 is 122 Å². The summed E-state index contributed by atoms with van der Waals surface area (Å²) < 4.78 is 0. The molecule has 0 spiro atoms. The molecule has 0 fully saturated rings. The average Bonchev–Trinajstić information content (AvgIpc) is 3.09. The molecular formula is C50H94O6U3-2. The summed E-state index contributed by atoms with van der Waals surface area (Å²) in [6, 6.07) is 0. The van der Waals surface area contributed by atoms with E-state index in [2.05, 4.69) is 41.5 Å². The van der Waals surface area contributed by atoms with Crippen molar-refractivity contribution in [1.82, 2.24) is 0 Å². The van der Waals surface area contributed by atoms with E-state index in [1.54, 1.807) is 0 Å². The number of rotatable bonds is 33. The van der Waals surface area contributed by atoms with Gasteiger partial charge >= 0.3 is 31.1 Å². The number of hydrogen-bond acceptors (Lipinski definition) is 6. The standard InChI is InChI=1S/3C16H29O2.CH4.CH3.3U/c3*1-13(2)9-5-6-10-15(17)11-7-8-12-16(18)14(3)4;;;;;/h8,13-14H,5-7,9-12H2,1-4H3;2*7,13-14H,5-6,8-12H2,1-4H3;1H4;1H3;;;/q3*-1;;-1;;;+2. The van der Waals surface area contributed by atoms with Crippen molar-refractivity contribution in [3.8, 4) is 0 Å². The molecule has 0 aliphatic rings. The van der Waals surface area contributed by atoms with Crippen LogP contribution in [0.25, 0.3) is 0 Å². The van der Waals surface area contributed by atoms with Gasteiger partial charge in [0.05, 0.1) is 0 Å². The summed E-state index contributed by atoms with van der Waals surface area (Å²) in [6.07, 6.45) is 23.7.